The third kappa shape index (κ3) is 2.62. The number of morpholine rings is 1. The van der Waals surface area contributed by atoms with Crippen LogP contribution in [0.15, 0.2) is 12.2 Å². The van der Waals surface area contributed by atoms with Gasteiger partial charge in [0, 0.05) is 13.1 Å². The number of amides is 3. The van der Waals surface area contributed by atoms with Crippen LogP contribution >= 0.6 is 0 Å². The summed E-state index contributed by atoms with van der Waals surface area (Å²) in [7, 11) is 0. The molecule has 136 valence electrons. The zero-order chi connectivity index (χ0) is 17.7. The number of carbonyl (C=O) groups excluding carboxylic acids is 3. The third-order valence-electron chi connectivity index (χ3n) is 6.12. The van der Waals surface area contributed by atoms with Gasteiger partial charge in [-0.2, -0.15) is 0 Å². The second-order valence-electron chi connectivity index (χ2n) is 8.13. The number of hydrogen-bond acceptors (Lipinski definition) is 4. The van der Waals surface area contributed by atoms with Crippen molar-refractivity contribution in [2.24, 2.45) is 29.6 Å². The molecule has 4 rings (SSSR count). The molecule has 6 heteroatoms. The van der Waals surface area contributed by atoms with Gasteiger partial charge in [0.05, 0.1) is 25.0 Å². The van der Waals surface area contributed by atoms with E-state index in [0.29, 0.717) is 32.7 Å². The molecular formula is C19H26N2O4. The average Bonchev–Trinajstić information content (AvgIpc) is 3.27. The predicted octanol–water partition coefficient (Wildman–Crippen LogP) is 1.07. The Morgan fingerprint density at radius 3 is 2.20 bits per heavy atom. The Labute approximate surface area is 148 Å². The molecule has 0 radical (unpaired) electrons. The first kappa shape index (κ1) is 16.8. The highest BCUT2D eigenvalue weighted by atomic mass is 16.5. The minimum atomic E-state index is -0.664. The van der Waals surface area contributed by atoms with Gasteiger partial charge in [0.15, 0.2) is 0 Å². The molecule has 0 spiro atoms. The van der Waals surface area contributed by atoms with E-state index in [1.807, 2.05) is 13.8 Å². The fourth-order valence-corrected chi connectivity index (χ4v) is 4.99. The van der Waals surface area contributed by atoms with Crippen LogP contribution in [-0.4, -0.2) is 59.9 Å². The standard InChI is InChI=1S/C19H26N2O4/c1-11(2)9-14(17(22)20-5-7-25-8-6-20)21-18(23)15-12-3-4-13(10-12)16(15)19(21)24/h3-4,11-16H,5-10H2,1-2H3. The summed E-state index contributed by atoms with van der Waals surface area (Å²) in [6.07, 6.45) is 5.60. The Morgan fingerprint density at radius 1 is 1.12 bits per heavy atom. The number of likely N-dealkylation sites (tertiary alicyclic amines) is 1. The zero-order valence-electron chi connectivity index (χ0n) is 14.9. The second kappa shape index (κ2) is 6.24. The summed E-state index contributed by atoms with van der Waals surface area (Å²) < 4.78 is 5.33. The lowest BCUT2D eigenvalue weighted by molar-refractivity contribution is -0.154. The van der Waals surface area contributed by atoms with E-state index in [4.69, 9.17) is 4.74 Å². The number of rotatable bonds is 4. The lowest BCUT2D eigenvalue weighted by Gasteiger charge is -2.34. The maximum Gasteiger partial charge on any atom is 0.246 e. The highest BCUT2D eigenvalue weighted by Crippen LogP contribution is 2.53. The van der Waals surface area contributed by atoms with Gasteiger partial charge in [0.2, 0.25) is 17.7 Å². The van der Waals surface area contributed by atoms with Crippen molar-refractivity contribution in [1.29, 1.82) is 0 Å². The monoisotopic (exact) mass is 346 g/mol. The molecule has 5 unspecified atom stereocenters. The van der Waals surface area contributed by atoms with Crippen LogP contribution in [0.2, 0.25) is 0 Å². The molecule has 5 atom stereocenters. The summed E-state index contributed by atoms with van der Waals surface area (Å²) in [5.74, 6) is -0.253. The lowest BCUT2D eigenvalue weighted by Crippen LogP contribution is -2.54. The van der Waals surface area contributed by atoms with Gasteiger partial charge in [-0.15, -0.1) is 0 Å². The molecule has 3 fully saturated rings. The van der Waals surface area contributed by atoms with Crippen LogP contribution in [0.3, 0.4) is 0 Å². The number of hydrogen-bond donors (Lipinski definition) is 0. The summed E-state index contributed by atoms with van der Waals surface area (Å²) in [6.45, 7) is 6.14. The summed E-state index contributed by atoms with van der Waals surface area (Å²) in [4.78, 5) is 42.3. The number of nitrogens with zero attached hydrogens (tertiary/aromatic N) is 2. The Balaban J connectivity index is 1.60. The number of carbonyl (C=O) groups is 3. The largest absolute Gasteiger partial charge is 0.378 e. The minimum Gasteiger partial charge on any atom is -0.378 e. The molecule has 3 amide bonds. The predicted molar refractivity (Wildman–Crippen MR) is 90.2 cm³/mol. The first-order chi connectivity index (χ1) is 12.0. The van der Waals surface area contributed by atoms with Gasteiger partial charge in [-0.1, -0.05) is 26.0 Å². The van der Waals surface area contributed by atoms with Crippen molar-refractivity contribution in [3.8, 4) is 0 Å². The van der Waals surface area contributed by atoms with E-state index in [1.54, 1.807) is 4.90 Å². The van der Waals surface area contributed by atoms with Crippen LogP contribution in [0.25, 0.3) is 0 Å². The lowest BCUT2D eigenvalue weighted by atomic mass is 9.85. The van der Waals surface area contributed by atoms with Gasteiger partial charge >= 0.3 is 0 Å². The summed E-state index contributed by atoms with van der Waals surface area (Å²) >= 11 is 0. The average molecular weight is 346 g/mol. The van der Waals surface area contributed by atoms with Crippen molar-refractivity contribution in [1.82, 2.24) is 9.80 Å². The van der Waals surface area contributed by atoms with Crippen molar-refractivity contribution in [2.45, 2.75) is 32.7 Å². The molecule has 4 aliphatic rings. The minimum absolute atomic E-state index is 0.0982. The molecule has 0 aromatic carbocycles. The Morgan fingerprint density at radius 2 is 1.68 bits per heavy atom. The number of fused-ring (bicyclic) bond motifs is 5. The van der Waals surface area contributed by atoms with Gasteiger partial charge in [-0.25, -0.2) is 0 Å². The number of allylic oxidation sites excluding steroid dienone is 2. The van der Waals surface area contributed by atoms with E-state index < -0.39 is 6.04 Å². The maximum absolute atomic E-state index is 13.1. The molecule has 1 saturated carbocycles. The highest BCUT2D eigenvalue weighted by molar-refractivity contribution is 6.09. The van der Waals surface area contributed by atoms with Crippen molar-refractivity contribution < 1.29 is 19.1 Å². The fraction of sp³-hybridized carbons (Fsp3) is 0.737. The maximum atomic E-state index is 13.1. The number of imide groups is 1. The van der Waals surface area contributed by atoms with Crippen molar-refractivity contribution >= 4 is 17.7 Å². The van der Waals surface area contributed by atoms with E-state index in [2.05, 4.69) is 12.2 Å². The molecule has 2 saturated heterocycles. The van der Waals surface area contributed by atoms with Crippen LogP contribution < -0.4 is 0 Å². The van der Waals surface area contributed by atoms with E-state index in [9.17, 15) is 14.4 Å². The molecule has 2 aliphatic carbocycles. The van der Waals surface area contributed by atoms with Crippen molar-refractivity contribution in [3.63, 3.8) is 0 Å². The Kier molecular flexibility index (Phi) is 4.18. The van der Waals surface area contributed by atoms with Gasteiger partial charge < -0.3 is 9.64 Å². The van der Waals surface area contributed by atoms with E-state index >= 15 is 0 Å². The van der Waals surface area contributed by atoms with Gasteiger partial charge in [-0.05, 0) is 30.6 Å². The van der Waals surface area contributed by atoms with Crippen molar-refractivity contribution in [2.75, 3.05) is 26.3 Å². The Bertz CT molecular complexity index is 593. The van der Waals surface area contributed by atoms with Gasteiger partial charge in [-0.3, -0.25) is 19.3 Å². The second-order valence-corrected chi connectivity index (χ2v) is 8.13. The Hall–Kier alpha value is -1.69. The van der Waals surface area contributed by atoms with Gasteiger partial charge in [0.1, 0.15) is 6.04 Å². The quantitative estimate of drug-likeness (QED) is 0.564. The molecule has 0 aromatic rings. The molecule has 6 nitrogen and oxygen atoms in total. The highest BCUT2D eigenvalue weighted by Gasteiger charge is 2.61. The summed E-state index contributed by atoms with van der Waals surface area (Å²) in [5.41, 5.74) is 0. The van der Waals surface area contributed by atoms with Crippen LogP contribution in [0, 0.1) is 29.6 Å². The molecule has 2 heterocycles. The topological polar surface area (TPSA) is 66.9 Å². The van der Waals surface area contributed by atoms with Crippen LogP contribution in [0.5, 0.6) is 0 Å². The number of ether oxygens (including phenoxy) is 1. The molecule has 2 bridgehead atoms. The summed E-state index contributed by atoms with van der Waals surface area (Å²) in [6, 6.07) is -0.664. The normalized spacial score (nSPS) is 35.0. The SMILES string of the molecule is CC(C)CC(C(=O)N1CCOCC1)N1C(=O)C2C3C=CC(C3)C2C1=O. The van der Waals surface area contributed by atoms with E-state index in [1.165, 1.54) is 4.90 Å². The van der Waals surface area contributed by atoms with Crippen LogP contribution in [-0.2, 0) is 19.1 Å². The van der Waals surface area contributed by atoms with E-state index in [0.717, 1.165) is 6.42 Å². The van der Waals surface area contributed by atoms with Crippen molar-refractivity contribution in [3.05, 3.63) is 12.2 Å². The zero-order valence-corrected chi connectivity index (χ0v) is 14.9. The van der Waals surface area contributed by atoms with Crippen LogP contribution in [0.4, 0.5) is 0 Å². The van der Waals surface area contributed by atoms with Crippen LogP contribution in [0.1, 0.15) is 26.7 Å². The first-order valence-corrected chi connectivity index (χ1v) is 9.40. The smallest absolute Gasteiger partial charge is 0.246 e. The van der Waals surface area contributed by atoms with E-state index in [-0.39, 0.29) is 47.3 Å². The molecule has 0 aromatic heterocycles. The molecular weight excluding hydrogens is 320 g/mol. The third-order valence-corrected chi connectivity index (χ3v) is 6.12. The fourth-order valence-electron chi connectivity index (χ4n) is 4.99. The van der Waals surface area contributed by atoms with Gasteiger partial charge in [0.25, 0.3) is 0 Å². The molecule has 0 N–H and O–H groups in total. The molecule has 2 aliphatic heterocycles. The molecule has 25 heavy (non-hydrogen) atoms. The summed E-state index contributed by atoms with van der Waals surface area (Å²) in [5, 5.41) is 0. The first-order valence-electron chi connectivity index (χ1n) is 9.40.